The van der Waals surface area contributed by atoms with Crippen molar-refractivity contribution < 1.29 is 24.2 Å². The highest BCUT2D eigenvalue weighted by atomic mass is 16.4. The first-order valence-corrected chi connectivity index (χ1v) is 5.93. The van der Waals surface area contributed by atoms with E-state index < -0.39 is 24.2 Å². The Kier molecular flexibility index (Phi) is 5.47. The maximum absolute atomic E-state index is 11.6. The number of carbonyl (C=O) groups excluding carboxylic acids is 2. The number of hydrogen-bond acceptors (Lipinski definition) is 7. The molecule has 0 saturated heterocycles. The molecule has 9 heteroatoms. The van der Waals surface area contributed by atoms with Crippen molar-refractivity contribution >= 4 is 17.8 Å². The fraction of sp³-hybridized carbons (Fsp3) is 0.545. The Morgan fingerprint density at radius 1 is 1.50 bits per heavy atom. The number of oxazole rings is 1. The van der Waals surface area contributed by atoms with Gasteiger partial charge in [0.25, 0.3) is 11.9 Å². The van der Waals surface area contributed by atoms with Crippen LogP contribution >= 0.6 is 0 Å². The van der Waals surface area contributed by atoms with Crippen LogP contribution in [0.2, 0.25) is 0 Å². The van der Waals surface area contributed by atoms with Gasteiger partial charge < -0.3 is 31.0 Å². The zero-order valence-corrected chi connectivity index (χ0v) is 11.2. The van der Waals surface area contributed by atoms with Crippen molar-refractivity contribution in [2.75, 3.05) is 12.3 Å². The van der Waals surface area contributed by atoms with Crippen molar-refractivity contribution in [3.05, 3.63) is 12.0 Å². The smallest absolute Gasteiger partial charge is 0.292 e. The van der Waals surface area contributed by atoms with E-state index in [1.807, 2.05) is 0 Å². The van der Waals surface area contributed by atoms with Crippen LogP contribution in [0.4, 0.5) is 6.01 Å². The van der Waals surface area contributed by atoms with E-state index in [1.54, 1.807) is 0 Å². The van der Waals surface area contributed by atoms with Gasteiger partial charge >= 0.3 is 0 Å². The van der Waals surface area contributed by atoms with Crippen LogP contribution in [0.5, 0.6) is 0 Å². The molecule has 0 aliphatic rings. The van der Waals surface area contributed by atoms with Gasteiger partial charge in [0.2, 0.25) is 5.91 Å². The number of nitrogens with zero attached hydrogens (tertiary/aromatic N) is 1. The second-order valence-electron chi connectivity index (χ2n) is 4.33. The third-order valence-corrected chi connectivity index (χ3v) is 2.56. The minimum absolute atomic E-state index is 0.0286. The van der Waals surface area contributed by atoms with Crippen molar-refractivity contribution in [3.63, 3.8) is 0 Å². The number of amides is 2. The van der Waals surface area contributed by atoms with Crippen LogP contribution in [0.15, 0.2) is 10.7 Å². The number of anilines is 1. The fourth-order valence-electron chi connectivity index (χ4n) is 1.54. The van der Waals surface area contributed by atoms with Gasteiger partial charge in [-0.2, -0.15) is 4.98 Å². The quantitative estimate of drug-likeness (QED) is 0.415. The van der Waals surface area contributed by atoms with Gasteiger partial charge in [0.1, 0.15) is 12.4 Å². The molecule has 3 atom stereocenters. The lowest BCUT2D eigenvalue weighted by molar-refractivity contribution is -0.121. The topological polar surface area (TPSA) is 151 Å². The van der Waals surface area contributed by atoms with Gasteiger partial charge in [0.05, 0.1) is 12.1 Å². The molecule has 0 bridgehead atoms. The molecule has 9 nitrogen and oxygen atoms in total. The van der Waals surface area contributed by atoms with Crippen molar-refractivity contribution in [2.45, 2.75) is 32.1 Å². The number of carbonyl (C=O) groups is 2. The van der Waals surface area contributed by atoms with E-state index >= 15 is 0 Å². The summed E-state index contributed by atoms with van der Waals surface area (Å²) in [6, 6.07) is -0.794. The Labute approximate surface area is 115 Å². The van der Waals surface area contributed by atoms with Crippen LogP contribution in [0.25, 0.3) is 0 Å². The summed E-state index contributed by atoms with van der Waals surface area (Å²) in [5.74, 6) is -0.922. The van der Waals surface area contributed by atoms with Crippen LogP contribution < -0.4 is 16.4 Å². The molecule has 0 saturated carbocycles. The monoisotopic (exact) mass is 286 g/mol. The number of aliphatic hydroxyl groups excluding tert-OH is 2. The summed E-state index contributed by atoms with van der Waals surface area (Å²) in [6.45, 7) is 2.62. The van der Waals surface area contributed by atoms with E-state index in [-0.39, 0.29) is 24.2 Å². The van der Waals surface area contributed by atoms with Gasteiger partial charge in [0.15, 0.2) is 5.69 Å². The third kappa shape index (κ3) is 4.52. The zero-order chi connectivity index (χ0) is 15.3. The summed E-state index contributed by atoms with van der Waals surface area (Å²) in [7, 11) is 0. The molecule has 1 aromatic rings. The Balaban J connectivity index is 2.44. The van der Waals surface area contributed by atoms with Crippen molar-refractivity contribution in [1.29, 1.82) is 0 Å². The molecule has 20 heavy (non-hydrogen) atoms. The first kappa shape index (κ1) is 15.9. The molecule has 0 radical (unpaired) electrons. The molecular formula is C11H18N4O5. The molecule has 3 unspecified atom stereocenters. The van der Waals surface area contributed by atoms with E-state index in [0.29, 0.717) is 0 Å². The van der Waals surface area contributed by atoms with E-state index in [4.69, 9.17) is 5.73 Å². The lowest BCUT2D eigenvalue weighted by Gasteiger charge is -2.24. The number of aliphatic hydroxyl groups is 2. The highest BCUT2D eigenvalue weighted by Gasteiger charge is 2.24. The van der Waals surface area contributed by atoms with Gasteiger partial charge in [-0.3, -0.25) is 9.59 Å². The van der Waals surface area contributed by atoms with Crippen molar-refractivity contribution in [2.24, 2.45) is 0 Å². The third-order valence-electron chi connectivity index (χ3n) is 2.56. The molecule has 1 heterocycles. The number of aromatic nitrogens is 1. The number of rotatable bonds is 6. The SMILES string of the molecule is CC(=O)NC(C)C(O)C(O)CNC(=O)c1coc(N)n1. The van der Waals surface area contributed by atoms with Gasteiger partial charge in [0, 0.05) is 13.5 Å². The molecular weight excluding hydrogens is 268 g/mol. The van der Waals surface area contributed by atoms with E-state index in [2.05, 4.69) is 20.0 Å². The largest absolute Gasteiger partial charge is 0.431 e. The normalized spacial score (nSPS) is 15.2. The molecule has 6 N–H and O–H groups in total. The van der Waals surface area contributed by atoms with Crippen molar-refractivity contribution in [1.82, 2.24) is 15.6 Å². The molecule has 0 aliphatic heterocycles. The summed E-state index contributed by atoms with van der Waals surface area (Å²) in [4.78, 5) is 26.0. The lowest BCUT2D eigenvalue weighted by atomic mass is 10.1. The van der Waals surface area contributed by atoms with Gasteiger partial charge in [-0.15, -0.1) is 0 Å². The average molecular weight is 286 g/mol. The fourth-order valence-corrected chi connectivity index (χ4v) is 1.54. The number of nitrogen functional groups attached to an aromatic ring is 1. The minimum atomic E-state index is -1.25. The molecule has 1 aromatic heterocycles. The summed E-state index contributed by atoms with van der Waals surface area (Å²) >= 11 is 0. The first-order chi connectivity index (χ1) is 9.31. The van der Waals surface area contributed by atoms with Crippen LogP contribution in [-0.4, -0.2) is 51.8 Å². The minimum Gasteiger partial charge on any atom is -0.431 e. The average Bonchev–Trinajstić information content (AvgIpc) is 2.80. The predicted molar refractivity (Wildman–Crippen MR) is 68.5 cm³/mol. The standard InChI is InChI=1S/C11H18N4O5/c1-5(14-6(2)16)9(18)8(17)3-13-10(19)7-4-20-11(12)15-7/h4-5,8-9,17-18H,3H2,1-2H3,(H2,12,15)(H,13,19)(H,14,16). The molecule has 112 valence electrons. The zero-order valence-electron chi connectivity index (χ0n) is 11.2. The van der Waals surface area contributed by atoms with Crippen LogP contribution in [0, 0.1) is 0 Å². The van der Waals surface area contributed by atoms with Crippen LogP contribution in [0.3, 0.4) is 0 Å². The maximum Gasteiger partial charge on any atom is 0.292 e. The second-order valence-corrected chi connectivity index (χ2v) is 4.33. The van der Waals surface area contributed by atoms with Gasteiger partial charge in [-0.1, -0.05) is 0 Å². The van der Waals surface area contributed by atoms with Crippen molar-refractivity contribution in [3.8, 4) is 0 Å². The summed E-state index contributed by atoms with van der Waals surface area (Å²) < 4.78 is 4.67. The first-order valence-electron chi connectivity index (χ1n) is 5.93. The Morgan fingerprint density at radius 2 is 2.15 bits per heavy atom. The van der Waals surface area contributed by atoms with E-state index in [1.165, 1.54) is 13.8 Å². The summed E-state index contributed by atoms with van der Waals surface area (Å²) in [5, 5.41) is 24.3. The van der Waals surface area contributed by atoms with E-state index in [9.17, 15) is 19.8 Å². The van der Waals surface area contributed by atoms with E-state index in [0.717, 1.165) is 6.26 Å². The highest BCUT2D eigenvalue weighted by molar-refractivity contribution is 5.92. The molecule has 0 spiro atoms. The molecule has 0 aliphatic carbocycles. The number of nitrogens with one attached hydrogen (secondary N) is 2. The molecule has 1 rings (SSSR count). The molecule has 2 amide bonds. The Hall–Kier alpha value is -2.13. The van der Waals surface area contributed by atoms with Crippen LogP contribution in [0.1, 0.15) is 24.3 Å². The second kappa shape index (κ2) is 6.87. The van der Waals surface area contributed by atoms with Gasteiger partial charge in [-0.25, -0.2) is 0 Å². The van der Waals surface area contributed by atoms with Gasteiger partial charge in [-0.05, 0) is 6.92 Å². The highest BCUT2D eigenvalue weighted by Crippen LogP contribution is 2.03. The predicted octanol–water partition coefficient (Wildman–Crippen LogP) is -1.77. The number of nitrogens with two attached hydrogens (primary N) is 1. The Morgan fingerprint density at radius 3 is 2.65 bits per heavy atom. The molecule has 0 aromatic carbocycles. The molecule has 0 fully saturated rings. The van der Waals surface area contributed by atoms with Crippen LogP contribution in [-0.2, 0) is 4.79 Å². The maximum atomic E-state index is 11.6. The Bertz CT molecular complexity index is 475. The lowest BCUT2D eigenvalue weighted by Crippen LogP contribution is -2.49. The summed E-state index contributed by atoms with van der Waals surface area (Å²) in [6.07, 6.45) is -1.39. The number of hydrogen-bond donors (Lipinski definition) is 5. The summed E-state index contributed by atoms with van der Waals surface area (Å²) in [5.41, 5.74) is 5.19.